The van der Waals surface area contributed by atoms with E-state index in [9.17, 15) is 19.2 Å². The first-order valence-corrected chi connectivity index (χ1v) is 9.95. The first-order chi connectivity index (χ1) is 15.9. The van der Waals surface area contributed by atoms with Gasteiger partial charge in [0.1, 0.15) is 5.75 Å². The average Bonchev–Trinajstić information content (AvgIpc) is 3.33. The molecule has 10 heteroatoms. The Balaban J connectivity index is 1.55. The van der Waals surface area contributed by atoms with Gasteiger partial charge in [-0.15, -0.1) is 0 Å². The van der Waals surface area contributed by atoms with Crippen LogP contribution in [-0.4, -0.2) is 36.8 Å². The van der Waals surface area contributed by atoms with Crippen LogP contribution < -0.4 is 26.4 Å². The van der Waals surface area contributed by atoms with Crippen LogP contribution in [0.3, 0.4) is 0 Å². The monoisotopic (exact) mass is 450 g/mol. The van der Waals surface area contributed by atoms with Gasteiger partial charge in [0.15, 0.2) is 12.4 Å². The van der Waals surface area contributed by atoms with Crippen molar-refractivity contribution in [2.75, 3.05) is 23.8 Å². The molecule has 0 saturated heterocycles. The molecule has 0 atom stereocenters. The maximum atomic E-state index is 12.4. The predicted octanol–water partition coefficient (Wildman–Crippen LogP) is 2.15. The quantitative estimate of drug-likeness (QED) is 0.371. The van der Waals surface area contributed by atoms with Crippen molar-refractivity contribution in [3.05, 3.63) is 78.3 Å². The lowest BCUT2D eigenvalue weighted by Gasteiger charge is -2.12. The lowest BCUT2D eigenvalue weighted by Crippen LogP contribution is -2.29. The summed E-state index contributed by atoms with van der Waals surface area (Å²) in [6.45, 7) is -0.237. The van der Waals surface area contributed by atoms with Crippen molar-refractivity contribution < 1.29 is 28.3 Å². The smallest absolute Gasteiger partial charge is 0.291 e. The van der Waals surface area contributed by atoms with Gasteiger partial charge in [0.25, 0.3) is 17.7 Å². The van der Waals surface area contributed by atoms with Crippen LogP contribution in [0.4, 0.5) is 11.4 Å². The van der Waals surface area contributed by atoms with E-state index in [1.807, 2.05) is 0 Å². The number of anilines is 2. The second kappa shape index (κ2) is 11.1. The SMILES string of the molecule is NC(=O)CCNC(=O)c1ccccc1NC(=O)COc1cccc(NC(=O)c2ccco2)c1. The predicted molar refractivity (Wildman–Crippen MR) is 120 cm³/mol. The van der Waals surface area contributed by atoms with Crippen molar-refractivity contribution in [2.45, 2.75) is 6.42 Å². The molecule has 3 aromatic rings. The van der Waals surface area contributed by atoms with E-state index in [0.717, 1.165) is 0 Å². The van der Waals surface area contributed by atoms with Crippen LogP contribution in [0.15, 0.2) is 71.3 Å². The van der Waals surface area contributed by atoms with E-state index in [-0.39, 0.29) is 30.9 Å². The van der Waals surface area contributed by atoms with Gasteiger partial charge in [0.05, 0.1) is 17.5 Å². The van der Waals surface area contributed by atoms with Gasteiger partial charge in [-0.3, -0.25) is 19.2 Å². The first kappa shape index (κ1) is 23.1. The standard InChI is InChI=1S/C23H22N4O6/c24-20(28)10-11-25-22(30)17-7-1-2-8-18(17)27-21(29)14-33-16-6-3-5-15(13-16)26-23(31)19-9-4-12-32-19/h1-9,12-13H,10-11,14H2,(H2,24,28)(H,25,30)(H,26,31)(H,27,29). The second-order valence-corrected chi connectivity index (χ2v) is 6.81. The zero-order valence-electron chi connectivity index (χ0n) is 17.5. The summed E-state index contributed by atoms with van der Waals surface area (Å²) in [5.41, 5.74) is 6.06. The summed E-state index contributed by atoms with van der Waals surface area (Å²) in [5, 5.41) is 7.87. The summed E-state index contributed by atoms with van der Waals surface area (Å²) >= 11 is 0. The molecule has 0 fully saturated rings. The van der Waals surface area contributed by atoms with E-state index in [1.54, 1.807) is 54.6 Å². The second-order valence-electron chi connectivity index (χ2n) is 6.81. The molecule has 1 heterocycles. The number of rotatable bonds is 10. The number of ether oxygens (including phenoxy) is 1. The van der Waals surface area contributed by atoms with Crippen LogP contribution in [0.1, 0.15) is 27.3 Å². The molecule has 5 N–H and O–H groups in total. The third-order valence-corrected chi connectivity index (χ3v) is 4.31. The van der Waals surface area contributed by atoms with Crippen molar-refractivity contribution >= 4 is 35.0 Å². The molecule has 0 spiro atoms. The van der Waals surface area contributed by atoms with E-state index in [1.165, 1.54) is 12.3 Å². The van der Waals surface area contributed by atoms with Crippen LogP contribution in [0.5, 0.6) is 5.75 Å². The number of primary amides is 1. The van der Waals surface area contributed by atoms with Gasteiger partial charge in [-0.2, -0.15) is 0 Å². The van der Waals surface area contributed by atoms with E-state index in [2.05, 4.69) is 16.0 Å². The fourth-order valence-electron chi connectivity index (χ4n) is 2.78. The normalized spacial score (nSPS) is 10.2. The van der Waals surface area contributed by atoms with Gasteiger partial charge in [0, 0.05) is 24.7 Å². The first-order valence-electron chi connectivity index (χ1n) is 9.95. The highest BCUT2D eigenvalue weighted by molar-refractivity contribution is 6.04. The molecule has 0 aliphatic rings. The molecule has 1 aromatic heterocycles. The number of benzene rings is 2. The lowest BCUT2D eigenvalue weighted by molar-refractivity contribution is -0.118. The maximum Gasteiger partial charge on any atom is 0.291 e. The Bertz CT molecular complexity index is 1140. The zero-order chi connectivity index (χ0) is 23.6. The Morgan fingerprint density at radius 2 is 1.73 bits per heavy atom. The molecule has 0 saturated carbocycles. The molecule has 0 unspecified atom stereocenters. The molecular weight excluding hydrogens is 428 g/mol. The molecule has 10 nitrogen and oxygen atoms in total. The minimum absolute atomic E-state index is 0.00906. The molecule has 170 valence electrons. The molecule has 0 aliphatic heterocycles. The van der Waals surface area contributed by atoms with E-state index < -0.39 is 23.6 Å². The molecule has 0 radical (unpaired) electrons. The van der Waals surface area contributed by atoms with Gasteiger partial charge in [-0.25, -0.2) is 0 Å². The highest BCUT2D eigenvalue weighted by Gasteiger charge is 2.14. The third-order valence-electron chi connectivity index (χ3n) is 4.31. The van der Waals surface area contributed by atoms with Crippen LogP contribution in [-0.2, 0) is 9.59 Å². The zero-order valence-corrected chi connectivity index (χ0v) is 17.5. The van der Waals surface area contributed by atoms with Gasteiger partial charge >= 0.3 is 0 Å². The number of para-hydroxylation sites is 1. The molecule has 3 rings (SSSR count). The number of hydrogen-bond acceptors (Lipinski definition) is 6. The number of carbonyl (C=O) groups is 4. The Kier molecular flexibility index (Phi) is 7.79. The maximum absolute atomic E-state index is 12.4. The van der Waals surface area contributed by atoms with E-state index in [4.69, 9.17) is 14.9 Å². The Morgan fingerprint density at radius 1 is 0.909 bits per heavy atom. The topological polar surface area (TPSA) is 153 Å². The summed E-state index contributed by atoms with van der Waals surface area (Å²) in [7, 11) is 0. The molecule has 33 heavy (non-hydrogen) atoms. The Morgan fingerprint density at radius 3 is 2.48 bits per heavy atom. The average molecular weight is 450 g/mol. The van der Waals surface area contributed by atoms with Crippen molar-refractivity contribution in [1.82, 2.24) is 5.32 Å². The number of furan rings is 1. The number of nitrogens with one attached hydrogen (secondary N) is 3. The number of amides is 4. The minimum atomic E-state index is -0.529. The molecule has 0 bridgehead atoms. The summed E-state index contributed by atoms with van der Waals surface area (Å²) in [5.74, 6) is -1.36. The van der Waals surface area contributed by atoms with Crippen molar-refractivity contribution in [1.29, 1.82) is 0 Å². The molecular formula is C23H22N4O6. The van der Waals surface area contributed by atoms with Crippen molar-refractivity contribution in [3.63, 3.8) is 0 Å². The largest absolute Gasteiger partial charge is 0.484 e. The van der Waals surface area contributed by atoms with Gasteiger partial charge < -0.3 is 30.8 Å². The van der Waals surface area contributed by atoms with Crippen LogP contribution >= 0.6 is 0 Å². The van der Waals surface area contributed by atoms with Crippen LogP contribution in [0.2, 0.25) is 0 Å². The Hall–Kier alpha value is -4.60. The van der Waals surface area contributed by atoms with Crippen LogP contribution in [0.25, 0.3) is 0 Å². The summed E-state index contributed by atoms with van der Waals surface area (Å²) in [6.07, 6.45) is 1.41. The van der Waals surface area contributed by atoms with Gasteiger partial charge in [0.2, 0.25) is 5.91 Å². The number of hydrogen-bond donors (Lipinski definition) is 4. The van der Waals surface area contributed by atoms with Gasteiger partial charge in [-0.05, 0) is 36.4 Å². The lowest BCUT2D eigenvalue weighted by atomic mass is 10.1. The molecule has 2 aromatic carbocycles. The van der Waals surface area contributed by atoms with Gasteiger partial charge in [-0.1, -0.05) is 18.2 Å². The van der Waals surface area contributed by atoms with Crippen LogP contribution in [0, 0.1) is 0 Å². The Labute approximate surface area is 189 Å². The fourth-order valence-corrected chi connectivity index (χ4v) is 2.78. The van der Waals surface area contributed by atoms with E-state index in [0.29, 0.717) is 17.1 Å². The third kappa shape index (κ3) is 6.96. The number of nitrogens with two attached hydrogens (primary N) is 1. The van der Waals surface area contributed by atoms with Crippen molar-refractivity contribution in [3.8, 4) is 5.75 Å². The summed E-state index contributed by atoms with van der Waals surface area (Å²) in [4.78, 5) is 47.6. The molecule has 4 amide bonds. The highest BCUT2D eigenvalue weighted by atomic mass is 16.5. The highest BCUT2D eigenvalue weighted by Crippen LogP contribution is 2.19. The molecule has 0 aliphatic carbocycles. The number of carbonyl (C=O) groups excluding carboxylic acids is 4. The summed E-state index contributed by atoms with van der Waals surface area (Å²) in [6, 6.07) is 16.1. The van der Waals surface area contributed by atoms with Crippen molar-refractivity contribution in [2.24, 2.45) is 5.73 Å². The van der Waals surface area contributed by atoms with E-state index >= 15 is 0 Å². The summed E-state index contributed by atoms with van der Waals surface area (Å²) < 4.78 is 10.6. The fraction of sp³-hybridized carbons (Fsp3) is 0.130. The minimum Gasteiger partial charge on any atom is -0.484 e.